The van der Waals surface area contributed by atoms with Gasteiger partial charge in [-0.15, -0.1) is 0 Å². The van der Waals surface area contributed by atoms with Crippen LogP contribution in [0.1, 0.15) is 13.8 Å². The van der Waals surface area contributed by atoms with Crippen LogP contribution >= 0.6 is 0 Å². The zero-order valence-corrected chi connectivity index (χ0v) is 12.1. The van der Waals surface area contributed by atoms with E-state index in [1.807, 2.05) is 0 Å². The first kappa shape index (κ1) is 20.3. The zero-order valence-electron chi connectivity index (χ0n) is 11.3. The maximum atomic E-state index is 13.7. The van der Waals surface area contributed by atoms with Crippen LogP contribution in [-0.2, 0) is 29.2 Å². The van der Waals surface area contributed by atoms with Crippen LogP contribution in [0, 0.1) is 0 Å². The number of ether oxygens (including phenoxy) is 2. The van der Waals surface area contributed by atoms with Gasteiger partial charge in [0.25, 0.3) is 5.00 Å². The summed E-state index contributed by atoms with van der Waals surface area (Å²) in [5, 5.41) is -4.35. The van der Waals surface area contributed by atoms with Crippen molar-refractivity contribution in [2.75, 3.05) is 6.61 Å². The van der Waals surface area contributed by atoms with Crippen LogP contribution in [-0.4, -0.2) is 48.8 Å². The summed E-state index contributed by atoms with van der Waals surface area (Å²) in [7, 11) is -5.86. The van der Waals surface area contributed by atoms with E-state index in [1.54, 1.807) is 0 Å². The maximum absolute atomic E-state index is 13.7. The smallest absolute Gasteiger partial charge is 0.429 e. The van der Waals surface area contributed by atoms with Gasteiger partial charge >= 0.3 is 28.2 Å². The Hall–Kier alpha value is -1.69. The van der Waals surface area contributed by atoms with Gasteiger partial charge in [0.1, 0.15) is 0 Å². The summed E-state index contributed by atoms with van der Waals surface area (Å²) < 4.78 is 89.2. The predicted molar refractivity (Wildman–Crippen MR) is 62.8 cm³/mol. The average Bonchev–Trinajstić information content (AvgIpc) is 2.29. The van der Waals surface area contributed by atoms with Gasteiger partial charge in [-0.05, 0) is 13.8 Å². The molecule has 0 aromatic carbocycles. The summed E-state index contributed by atoms with van der Waals surface area (Å²) in [6.07, 6.45) is -9.46. The Kier molecular flexibility index (Phi) is 6.10. The number of hydrogen-bond acceptors (Lipinski definition) is 6. The Morgan fingerprint density at radius 2 is 1.73 bits per heavy atom. The fraction of sp³-hybridized carbons (Fsp3) is 0.600. The van der Waals surface area contributed by atoms with Crippen molar-refractivity contribution in [2.24, 2.45) is 0 Å². The third kappa shape index (κ3) is 5.26. The highest BCUT2D eigenvalue weighted by atomic mass is 32.2. The average molecular weight is 352 g/mol. The first-order chi connectivity index (χ1) is 9.60. The molecule has 2 unspecified atom stereocenters. The van der Waals surface area contributed by atoms with Crippen molar-refractivity contribution >= 4 is 22.1 Å². The van der Waals surface area contributed by atoms with Crippen LogP contribution in [0.5, 0.6) is 0 Å². The highest BCUT2D eigenvalue weighted by Crippen LogP contribution is 2.36. The normalized spacial score (nSPS) is 16.3. The molecule has 0 aliphatic rings. The number of carbonyl (C=O) groups excluding carboxylic acids is 2. The van der Waals surface area contributed by atoms with Crippen molar-refractivity contribution in [2.45, 2.75) is 31.1 Å². The van der Waals surface area contributed by atoms with E-state index in [-0.39, 0.29) is 12.5 Å². The lowest BCUT2D eigenvalue weighted by Crippen LogP contribution is -2.53. The lowest BCUT2D eigenvalue weighted by Gasteiger charge is -2.28. The van der Waals surface area contributed by atoms with Gasteiger partial charge in [-0.3, -0.25) is 4.55 Å². The molecule has 0 spiro atoms. The number of alkyl halides is 4. The minimum absolute atomic E-state index is 0.131. The second-order valence-corrected chi connectivity index (χ2v) is 5.98. The Balaban J connectivity index is 5.17. The van der Waals surface area contributed by atoms with Crippen molar-refractivity contribution in [1.29, 1.82) is 0 Å². The predicted octanol–water partition coefficient (Wildman–Crippen LogP) is 1.15. The van der Waals surface area contributed by atoms with Crippen LogP contribution in [0.25, 0.3) is 0 Å². The van der Waals surface area contributed by atoms with Crippen molar-refractivity contribution in [3.8, 4) is 0 Å². The number of esters is 2. The van der Waals surface area contributed by atoms with Crippen LogP contribution in [0.15, 0.2) is 12.2 Å². The number of rotatable bonds is 6. The first-order valence-corrected chi connectivity index (χ1v) is 6.79. The maximum Gasteiger partial charge on any atom is 0.429 e. The second-order valence-electron chi connectivity index (χ2n) is 4.23. The second kappa shape index (κ2) is 6.60. The molecule has 0 saturated heterocycles. The Labute approximate surface area is 122 Å². The van der Waals surface area contributed by atoms with Gasteiger partial charge in [-0.1, -0.05) is 6.58 Å². The van der Waals surface area contributed by atoms with Gasteiger partial charge in [0.2, 0.25) is 6.10 Å². The summed E-state index contributed by atoms with van der Waals surface area (Å²) in [4.78, 5) is 22.1. The molecule has 12 heteroatoms. The third-order valence-electron chi connectivity index (χ3n) is 2.19. The Morgan fingerprint density at radius 1 is 1.27 bits per heavy atom. The molecule has 0 aliphatic heterocycles. The zero-order chi connectivity index (χ0) is 17.9. The molecule has 22 heavy (non-hydrogen) atoms. The molecule has 0 bridgehead atoms. The highest BCUT2D eigenvalue weighted by molar-refractivity contribution is 7.87. The monoisotopic (exact) mass is 352 g/mol. The van der Waals surface area contributed by atoms with Crippen LogP contribution in [0.3, 0.4) is 0 Å². The molecule has 0 aromatic heterocycles. The summed E-state index contributed by atoms with van der Waals surface area (Å²) >= 11 is 0. The minimum atomic E-state index is -5.86. The molecular formula is C10H12F4O7S. The van der Waals surface area contributed by atoms with E-state index in [1.165, 1.54) is 6.92 Å². The topological polar surface area (TPSA) is 107 Å². The lowest BCUT2D eigenvalue weighted by atomic mass is 10.2. The summed E-state index contributed by atoms with van der Waals surface area (Å²) in [5.41, 5.74) is -0.173. The molecule has 0 rings (SSSR count). The van der Waals surface area contributed by atoms with Crippen molar-refractivity contribution in [3.63, 3.8) is 0 Å². The molecule has 128 valence electrons. The number of halogens is 4. The molecule has 0 fully saturated rings. The van der Waals surface area contributed by atoms with Gasteiger partial charge < -0.3 is 9.47 Å². The van der Waals surface area contributed by atoms with Crippen LogP contribution in [0.2, 0.25) is 0 Å². The van der Waals surface area contributed by atoms with E-state index in [4.69, 9.17) is 4.55 Å². The van der Waals surface area contributed by atoms with Gasteiger partial charge in [0.15, 0.2) is 6.61 Å². The molecule has 0 radical (unpaired) electrons. The fourth-order valence-corrected chi connectivity index (χ4v) is 1.47. The molecule has 0 heterocycles. The Bertz CT molecular complexity index is 564. The lowest BCUT2D eigenvalue weighted by molar-refractivity contribution is -0.241. The van der Waals surface area contributed by atoms with Crippen molar-refractivity contribution in [3.05, 3.63) is 12.2 Å². The molecule has 2 atom stereocenters. The summed E-state index contributed by atoms with van der Waals surface area (Å²) in [6, 6.07) is 0. The molecule has 0 aromatic rings. The van der Waals surface area contributed by atoms with E-state index in [0.29, 0.717) is 0 Å². The van der Waals surface area contributed by atoms with Gasteiger partial charge in [-0.2, -0.15) is 21.6 Å². The molecule has 0 aliphatic carbocycles. The fourth-order valence-electron chi connectivity index (χ4n) is 1.01. The molecule has 1 N–H and O–H groups in total. The van der Waals surface area contributed by atoms with E-state index in [9.17, 15) is 35.6 Å². The van der Waals surface area contributed by atoms with Crippen molar-refractivity contribution < 1.29 is 49.6 Å². The first-order valence-electron chi connectivity index (χ1n) is 5.35. The standard InChI is InChI=1S/C10H12F4O7S/c1-5(2)7(16)20-4-6(15)21-8(10(12,13)14)9(3,11)22(17,18)19/h8H,1,4H2,2-3H3,(H,17,18,19). The SMILES string of the molecule is C=C(C)C(=O)OCC(=O)OC(C(F)(F)F)C(C)(F)S(=O)(=O)O. The highest BCUT2D eigenvalue weighted by Gasteiger charge is 2.61. The molecular weight excluding hydrogens is 340 g/mol. The minimum Gasteiger partial charge on any atom is -0.450 e. The van der Waals surface area contributed by atoms with E-state index in [2.05, 4.69) is 16.1 Å². The molecule has 0 saturated carbocycles. The molecule has 0 amide bonds. The third-order valence-corrected chi connectivity index (χ3v) is 3.41. The van der Waals surface area contributed by atoms with Crippen molar-refractivity contribution in [1.82, 2.24) is 0 Å². The van der Waals surface area contributed by atoms with E-state index in [0.717, 1.165) is 0 Å². The quantitative estimate of drug-likeness (QED) is 0.331. The summed E-state index contributed by atoms with van der Waals surface area (Å²) in [6.45, 7) is 2.84. The Morgan fingerprint density at radius 3 is 2.05 bits per heavy atom. The van der Waals surface area contributed by atoms with E-state index >= 15 is 0 Å². The summed E-state index contributed by atoms with van der Waals surface area (Å²) in [5.74, 6) is -3.00. The number of hydrogen-bond donors (Lipinski definition) is 1. The molecule has 7 nitrogen and oxygen atoms in total. The van der Waals surface area contributed by atoms with E-state index < -0.39 is 45.9 Å². The number of carbonyl (C=O) groups is 2. The van der Waals surface area contributed by atoms with Gasteiger partial charge in [-0.25, -0.2) is 14.0 Å². The van der Waals surface area contributed by atoms with Gasteiger partial charge in [0.05, 0.1) is 0 Å². The van der Waals surface area contributed by atoms with Crippen LogP contribution in [0.4, 0.5) is 17.6 Å². The van der Waals surface area contributed by atoms with Gasteiger partial charge in [0, 0.05) is 5.57 Å². The largest absolute Gasteiger partial charge is 0.450 e. The van der Waals surface area contributed by atoms with Crippen LogP contribution < -0.4 is 0 Å².